The van der Waals surface area contributed by atoms with Crippen LogP contribution in [-0.2, 0) is 11.2 Å². The van der Waals surface area contributed by atoms with Gasteiger partial charge in [-0.1, -0.05) is 6.92 Å². The molecule has 0 amide bonds. The molecule has 4 heteroatoms. The van der Waals surface area contributed by atoms with E-state index in [1.807, 2.05) is 19.1 Å². The molecule has 0 unspecified atom stereocenters. The van der Waals surface area contributed by atoms with Gasteiger partial charge in [0.2, 0.25) is 0 Å². The Hall–Kier alpha value is -1.84. The molecule has 0 spiro atoms. The molecule has 0 aliphatic heterocycles. The van der Waals surface area contributed by atoms with E-state index in [-0.39, 0.29) is 5.78 Å². The molecule has 2 heterocycles. The van der Waals surface area contributed by atoms with Crippen molar-refractivity contribution in [3.8, 4) is 0 Å². The topological polar surface area (TPSA) is 55.7 Å². The number of ketones is 1. The van der Waals surface area contributed by atoms with Crippen LogP contribution in [0.4, 0.5) is 0 Å². The maximum absolute atomic E-state index is 11.5. The number of fused-ring (bicyclic) bond motifs is 1. The number of aromatic nitrogens is 3. The second-order valence-corrected chi connectivity index (χ2v) is 3.67. The third-order valence-corrected chi connectivity index (χ3v) is 2.30. The van der Waals surface area contributed by atoms with Crippen LogP contribution in [0.15, 0.2) is 24.5 Å². The van der Waals surface area contributed by atoms with Crippen LogP contribution in [0.2, 0.25) is 0 Å². The Kier molecular flexibility index (Phi) is 3.19. The highest BCUT2D eigenvalue weighted by Gasteiger charge is 2.05. The Morgan fingerprint density at radius 2 is 2.06 bits per heavy atom. The van der Waals surface area contributed by atoms with Crippen molar-refractivity contribution in [1.82, 2.24) is 15.0 Å². The number of carbonyl (C=O) groups excluding carboxylic acids is 1. The lowest BCUT2D eigenvalue weighted by molar-refractivity contribution is -0.118. The summed E-state index contributed by atoms with van der Waals surface area (Å²) in [5, 5.41) is 0. The number of pyridine rings is 1. The summed E-state index contributed by atoms with van der Waals surface area (Å²) < 4.78 is 0. The number of Topliss-reactive ketones (excluding diaryl/α,β-unsaturated/α-hetero) is 1. The van der Waals surface area contributed by atoms with Gasteiger partial charge < -0.3 is 0 Å². The molecule has 82 valence electrons. The van der Waals surface area contributed by atoms with Crippen LogP contribution in [0.5, 0.6) is 0 Å². The standard InChI is InChI=1S/C12H13N3O/c1-2-3-10(16)8-9-4-5-11-12(15-9)14-7-6-13-11/h4-7H,2-3,8H2,1H3. The Balaban J connectivity index is 2.22. The maximum atomic E-state index is 11.5. The van der Waals surface area contributed by atoms with E-state index in [2.05, 4.69) is 15.0 Å². The monoisotopic (exact) mass is 215 g/mol. The van der Waals surface area contributed by atoms with Crippen molar-refractivity contribution in [2.24, 2.45) is 0 Å². The largest absolute Gasteiger partial charge is 0.299 e. The molecule has 16 heavy (non-hydrogen) atoms. The highest BCUT2D eigenvalue weighted by molar-refractivity contribution is 5.81. The van der Waals surface area contributed by atoms with Crippen molar-refractivity contribution < 1.29 is 4.79 Å². The van der Waals surface area contributed by atoms with Gasteiger partial charge in [-0.2, -0.15) is 0 Å². The molecule has 0 saturated heterocycles. The fraction of sp³-hybridized carbons (Fsp3) is 0.333. The van der Waals surface area contributed by atoms with Crippen molar-refractivity contribution in [3.63, 3.8) is 0 Å². The number of rotatable bonds is 4. The highest BCUT2D eigenvalue weighted by Crippen LogP contribution is 2.08. The van der Waals surface area contributed by atoms with E-state index in [1.54, 1.807) is 12.4 Å². The average molecular weight is 215 g/mol. The molecule has 0 bridgehead atoms. The molecule has 2 aromatic heterocycles. The van der Waals surface area contributed by atoms with Gasteiger partial charge in [0.25, 0.3) is 0 Å². The fourth-order valence-electron chi connectivity index (χ4n) is 1.56. The zero-order valence-electron chi connectivity index (χ0n) is 9.18. The van der Waals surface area contributed by atoms with Crippen molar-refractivity contribution in [2.75, 3.05) is 0 Å². The van der Waals surface area contributed by atoms with Crippen LogP contribution in [0.25, 0.3) is 11.2 Å². The van der Waals surface area contributed by atoms with Crippen LogP contribution in [0.1, 0.15) is 25.5 Å². The van der Waals surface area contributed by atoms with Gasteiger partial charge in [0.1, 0.15) is 11.3 Å². The average Bonchev–Trinajstić information content (AvgIpc) is 2.29. The predicted octanol–water partition coefficient (Wildman–Crippen LogP) is 1.94. The normalized spacial score (nSPS) is 10.6. The fourth-order valence-corrected chi connectivity index (χ4v) is 1.56. The lowest BCUT2D eigenvalue weighted by Crippen LogP contribution is -2.04. The van der Waals surface area contributed by atoms with Gasteiger partial charge >= 0.3 is 0 Å². The molecule has 0 atom stereocenters. The summed E-state index contributed by atoms with van der Waals surface area (Å²) in [7, 11) is 0. The molecule has 0 aliphatic carbocycles. The lowest BCUT2D eigenvalue weighted by Gasteiger charge is -2.00. The summed E-state index contributed by atoms with van der Waals surface area (Å²) >= 11 is 0. The predicted molar refractivity (Wildman–Crippen MR) is 61.0 cm³/mol. The number of hydrogen-bond donors (Lipinski definition) is 0. The van der Waals surface area contributed by atoms with E-state index in [9.17, 15) is 4.79 Å². The first kappa shape index (κ1) is 10.7. The van der Waals surface area contributed by atoms with Gasteiger partial charge in [-0.25, -0.2) is 9.97 Å². The minimum Gasteiger partial charge on any atom is -0.299 e. The SMILES string of the molecule is CCCC(=O)Cc1ccc2nccnc2n1. The van der Waals surface area contributed by atoms with Crippen LogP contribution >= 0.6 is 0 Å². The van der Waals surface area contributed by atoms with E-state index < -0.39 is 0 Å². The van der Waals surface area contributed by atoms with Gasteiger partial charge in [-0.05, 0) is 18.6 Å². The van der Waals surface area contributed by atoms with Crippen molar-refractivity contribution in [2.45, 2.75) is 26.2 Å². The van der Waals surface area contributed by atoms with Gasteiger partial charge in [0.05, 0.1) is 5.69 Å². The first-order valence-electron chi connectivity index (χ1n) is 5.38. The molecule has 0 aromatic carbocycles. The highest BCUT2D eigenvalue weighted by atomic mass is 16.1. The maximum Gasteiger partial charge on any atom is 0.178 e. The van der Waals surface area contributed by atoms with Crippen molar-refractivity contribution in [1.29, 1.82) is 0 Å². The van der Waals surface area contributed by atoms with Gasteiger partial charge in [-0.3, -0.25) is 9.78 Å². The van der Waals surface area contributed by atoms with Gasteiger partial charge in [-0.15, -0.1) is 0 Å². The molecular weight excluding hydrogens is 202 g/mol. The third-order valence-electron chi connectivity index (χ3n) is 2.30. The van der Waals surface area contributed by atoms with Crippen LogP contribution in [-0.4, -0.2) is 20.7 Å². The summed E-state index contributed by atoms with van der Waals surface area (Å²) in [5.74, 6) is 0.221. The zero-order valence-corrected chi connectivity index (χ0v) is 9.18. The summed E-state index contributed by atoms with van der Waals surface area (Å²) in [6.07, 6.45) is 5.12. The van der Waals surface area contributed by atoms with Gasteiger partial charge in [0, 0.05) is 25.2 Å². The number of carbonyl (C=O) groups is 1. The molecular formula is C12H13N3O. The summed E-state index contributed by atoms with van der Waals surface area (Å²) in [6.45, 7) is 2.00. The van der Waals surface area contributed by atoms with Crippen LogP contribution in [0, 0.1) is 0 Å². The zero-order chi connectivity index (χ0) is 11.4. The van der Waals surface area contributed by atoms with Crippen molar-refractivity contribution >= 4 is 16.9 Å². The minimum atomic E-state index is 0.221. The Morgan fingerprint density at radius 1 is 1.25 bits per heavy atom. The number of hydrogen-bond acceptors (Lipinski definition) is 4. The van der Waals surface area contributed by atoms with Gasteiger partial charge in [0.15, 0.2) is 5.65 Å². The molecule has 0 aliphatic rings. The number of nitrogens with zero attached hydrogens (tertiary/aromatic N) is 3. The summed E-state index contributed by atoms with van der Waals surface area (Å²) in [6, 6.07) is 3.69. The molecule has 4 nitrogen and oxygen atoms in total. The molecule has 0 saturated carbocycles. The third kappa shape index (κ3) is 2.39. The van der Waals surface area contributed by atoms with Crippen molar-refractivity contribution in [3.05, 3.63) is 30.2 Å². The summed E-state index contributed by atoms with van der Waals surface area (Å²) in [4.78, 5) is 24.0. The summed E-state index contributed by atoms with van der Waals surface area (Å²) in [5.41, 5.74) is 2.13. The van der Waals surface area contributed by atoms with Crippen LogP contribution < -0.4 is 0 Å². The Labute approximate surface area is 93.8 Å². The second kappa shape index (κ2) is 4.79. The van der Waals surface area contributed by atoms with E-state index >= 15 is 0 Å². The quantitative estimate of drug-likeness (QED) is 0.782. The van der Waals surface area contributed by atoms with E-state index in [4.69, 9.17) is 0 Å². The molecule has 2 aromatic rings. The van der Waals surface area contributed by atoms with E-state index in [1.165, 1.54) is 0 Å². The molecule has 0 N–H and O–H groups in total. The first-order valence-corrected chi connectivity index (χ1v) is 5.38. The lowest BCUT2D eigenvalue weighted by atomic mass is 10.1. The van der Waals surface area contributed by atoms with Crippen LogP contribution in [0.3, 0.4) is 0 Å². The first-order chi connectivity index (χ1) is 7.79. The Bertz CT molecular complexity index is 510. The molecule has 0 radical (unpaired) electrons. The minimum absolute atomic E-state index is 0.221. The van der Waals surface area contributed by atoms with E-state index in [0.717, 1.165) is 17.6 Å². The molecule has 0 fully saturated rings. The smallest absolute Gasteiger partial charge is 0.178 e. The van der Waals surface area contributed by atoms with E-state index in [0.29, 0.717) is 18.5 Å². The Morgan fingerprint density at radius 3 is 2.88 bits per heavy atom. The molecule has 2 rings (SSSR count). The second-order valence-electron chi connectivity index (χ2n) is 3.67.